The molecule has 1 atom stereocenters. The Morgan fingerprint density at radius 2 is 1.12 bits per heavy atom. The highest BCUT2D eigenvalue weighted by atomic mass is 19.2. The van der Waals surface area contributed by atoms with E-state index < -0.39 is 40.2 Å². The summed E-state index contributed by atoms with van der Waals surface area (Å²) >= 11 is 0. The summed E-state index contributed by atoms with van der Waals surface area (Å²) in [6, 6.07) is 20.8. The first-order valence-corrected chi connectivity index (χ1v) is 10.1. The Morgan fingerprint density at radius 3 is 1.69 bits per heavy atom. The number of hydrogen-bond acceptors (Lipinski definition) is 0. The van der Waals surface area contributed by atoms with Gasteiger partial charge in [-0.25, -0.2) is 22.0 Å². The van der Waals surface area contributed by atoms with Crippen molar-refractivity contribution in [2.24, 2.45) is 0 Å². The van der Waals surface area contributed by atoms with Gasteiger partial charge in [0.05, 0.1) is 5.56 Å². The van der Waals surface area contributed by atoms with Crippen molar-refractivity contribution >= 4 is 0 Å². The predicted molar refractivity (Wildman–Crippen MR) is 116 cm³/mol. The monoisotopic (exact) mass is 438 g/mol. The van der Waals surface area contributed by atoms with E-state index in [0.717, 1.165) is 24.1 Å². The quantitative estimate of drug-likeness (QED) is 0.218. The topological polar surface area (TPSA) is 0 Å². The van der Waals surface area contributed by atoms with Gasteiger partial charge in [-0.3, -0.25) is 0 Å². The lowest BCUT2D eigenvalue weighted by Gasteiger charge is -2.13. The van der Waals surface area contributed by atoms with Crippen molar-refractivity contribution in [3.05, 3.63) is 119 Å². The zero-order valence-corrected chi connectivity index (χ0v) is 17.2. The number of hydrogen-bond donors (Lipinski definition) is 0. The van der Waals surface area contributed by atoms with E-state index in [1.54, 1.807) is 12.1 Å². The molecule has 0 nitrogen and oxygen atoms in total. The van der Waals surface area contributed by atoms with E-state index in [1.165, 1.54) is 5.56 Å². The molecule has 4 rings (SSSR count). The third-order valence-electron chi connectivity index (χ3n) is 5.51. The lowest BCUT2D eigenvalue weighted by molar-refractivity contribution is 0.447. The zero-order chi connectivity index (χ0) is 22.8. The second kappa shape index (κ2) is 8.95. The predicted octanol–water partition coefficient (Wildman–Crippen LogP) is 8.06. The van der Waals surface area contributed by atoms with Crippen LogP contribution in [0.5, 0.6) is 0 Å². The highest BCUT2D eigenvalue weighted by Gasteiger charge is 2.19. The fourth-order valence-corrected chi connectivity index (χ4v) is 3.80. The summed E-state index contributed by atoms with van der Waals surface area (Å²) in [5.74, 6) is -6.38. The van der Waals surface area contributed by atoms with Crippen molar-refractivity contribution < 1.29 is 22.0 Å². The van der Waals surface area contributed by atoms with Gasteiger partial charge >= 0.3 is 0 Å². The number of halogens is 5. The first-order valence-electron chi connectivity index (χ1n) is 10.1. The Morgan fingerprint density at radius 1 is 0.594 bits per heavy atom. The molecule has 32 heavy (non-hydrogen) atoms. The molecule has 0 radical (unpaired) electrons. The molecule has 0 saturated carbocycles. The van der Waals surface area contributed by atoms with Crippen LogP contribution in [0, 0.1) is 29.1 Å². The van der Waals surface area contributed by atoms with E-state index in [2.05, 4.69) is 19.1 Å². The molecule has 0 N–H and O–H groups in total. The minimum atomic E-state index is -1.69. The van der Waals surface area contributed by atoms with Gasteiger partial charge in [0.25, 0.3) is 0 Å². The van der Waals surface area contributed by atoms with Gasteiger partial charge in [-0.2, -0.15) is 0 Å². The minimum Gasteiger partial charge on any atom is -0.206 e. The molecular weight excluding hydrogens is 419 g/mol. The maximum Gasteiger partial charge on any atom is 0.194 e. The van der Waals surface area contributed by atoms with Crippen LogP contribution in [-0.2, 0) is 6.42 Å². The van der Waals surface area contributed by atoms with Crippen LogP contribution < -0.4 is 0 Å². The summed E-state index contributed by atoms with van der Waals surface area (Å²) in [7, 11) is 0. The van der Waals surface area contributed by atoms with Gasteiger partial charge in [0, 0.05) is 0 Å². The van der Waals surface area contributed by atoms with E-state index in [-0.39, 0.29) is 5.56 Å². The lowest BCUT2D eigenvalue weighted by atomic mass is 9.92. The minimum absolute atomic E-state index is 0.287. The standard InChI is InChI=1S/C27H19F5/c1-16(18-5-3-2-4-6-18)11-17-7-9-19(10-8-17)20-12-22(28)26(23(29)13-20)21-14-24(30)27(32)25(31)15-21/h2-10,12-16H,11H2,1H3/t16-/m0/s1. The van der Waals surface area contributed by atoms with Crippen LogP contribution in [-0.4, -0.2) is 0 Å². The Hall–Kier alpha value is -3.47. The van der Waals surface area contributed by atoms with Crippen molar-refractivity contribution in [3.63, 3.8) is 0 Å². The molecule has 0 aromatic heterocycles. The molecule has 0 aliphatic heterocycles. The highest BCUT2D eigenvalue weighted by molar-refractivity contribution is 5.72. The van der Waals surface area contributed by atoms with Crippen molar-refractivity contribution in [2.75, 3.05) is 0 Å². The van der Waals surface area contributed by atoms with Gasteiger partial charge in [0.15, 0.2) is 17.5 Å². The molecule has 0 spiro atoms. The van der Waals surface area contributed by atoms with Gasteiger partial charge in [-0.1, -0.05) is 61.5 Å². The van der Waals surface area contributed by atoms with E-state index >= 15 is 0 Å². The van der Waals surface area contributed by atoms with Crippen LogP contribution in [0.1, 0.15) is 24.0 Å². The van der Waals surface area contributed by atoms with Crippen molar-refractivity contribution in [1.82, 2.24) is 0 Å². The Kier molecular flexibility index (Phi) is 6.08. The first-order chi connectivity index (χ1) is 15.3. The second-order valence-corrected chi connectivity index (χ2v) is 7.78. The molecular formula is C27H19F5. The summed E-state index contributed by atoms with van der Waals surface area (Å²) < 4.78 is 69.6. The van der Waals surface area contributed by atoms with Gasteiger partial charge in [0.2, 0.25) is 0 Å². The smallest absolute Gasteiger partial charge is 0.194 e. The molecule has 0 aliphatic rings. The fraction of sp³-hybridized carbons (Fsp3) is 0.111. The summed E-state index contributed by atoms with van der Waals surface area (Å²) in [6.45, 7) is 2.13. The summed E-state index contributed by atoms with van der Waals surface area (Å²) in [5, 5.41) is 0. The first kappa shape index (κ1) is 21.8. The van der Waals surface area contributed by atoms with Crippen LogP contribution in [0.4, 0.5) is 22.0 Å². The van der Waals surface area contributed by atoms with Crippen LogP contribution in [0.3, 0.4) is 0 Å². The SMILES string of the molecule is C[C@@H](Cc1ccc(-c2cc(F)c(-c3cc(F)c(F)c(F)c3)c(F)c2)cc1)c1ccccc1. The van der Waals surface area contributed by atoms with Crippen molar-refractivity contribution in [2.45, 2.75) is 19.3 Å². The summed E-state index contributed by atoms with van der Waals surface area (Å²) in [5.41, 5.74) is 2.18. The average molecular weight is 438 g/mol. The third-order valence-corrected chi connectivity index (χ3v) is 5.51. The molecule has 5 heteroatoms. The van der Waals surface area contributed by atoms with Crippen molar-refractivity contribution in [1.29, 1.82) is 0 Å². The largest absolute Gasteiger partial charge is 0.206 e. The molecule has 0 aliphatic carbocycles. The van der Waals surface area contributed by atoms with Crippen LogP contribution in [0.2, 0.25) is 0 Å². The van der Waals surface area contributed by atoms with Crippen LogP contribution in [0.25, 0.3) is 22.3 Å². The van der Waals surface area contributed by atoms with Crippen LogP contribution in [0.15, 0.2) is 78.9 Å². The number of rotatable bonds is 5. The summed E-state index contributed by atoms with van der Waals surface area (Å²) in [6.07, 6.45) is 0.813. The second-order valence-electron chi connectivity index (χ2n) is 7.78. The Bertz CT molecular complexity index is 1200. The molecule has 4 aromatic carbocycles. The molecule has 0 saturated heterocycles. The third kappa shape index (κ3) is 4.42. The van der Waals surface area contributed by atoms with E-state index in [9.17, 15) is 22.0 Å². The Balaban J connectivity index is 1.59. The molecule has 0 heterocycles. The van der Waals surface area contributed by atoms with Crippen molar-refractivity contribution in [3.8, 4) is 22.3 Å². The lowest BCUT2D eigenvalue weighted by Crippen LogP contribution is -1.98. The molecule has 0 bridgehead atoms. The van der Waals surface area contributed by atoms with E-state index in [4.69, 9.17) is 0 Å². The van der Waals surface area contributed by atoms with Gasteiger partial charge in [0.1, 0.15) is 11.6 Å². The fourth-order valence-electron chi connectivity index (χ4n) is 3.80. The van der Waals surface area contributed by atoms with E-state index in [1.807, 2.05) is 30.3 Å². The van der Waals surface area contributed by atoms with Gasteiger partial charge in [-0.15, -0.1) is 0 Å². The normalized spacial score (nSPS) is 12.1. The summed E-state index contributed by atoms with van der Waals surface area (Å²) in [4.78, 5) is 0. The average Bonchev–Trinajstić information content (AvgIpc) is 2.78. The molecule has 0 unspecified atom stereocenters. The molecule has 162 valence electrons. The molecule has 0 amide bonds. The zero-order valence-electron chi connectivity index (χ0n) is 17.2. The van der Waals surface area contributed by atoms with Crippen LogP contribution >= 0.6 is 0 Å². The Labute approximate surface area is 183 Å². The highest BCUT2D eigenvalue weighted by Crippen LogP contribution is 2.33. The number of benzene rings is 4. The van der Waals surface area contributed by atoms with E-state index in [0.29, 0.717) is 23.6 Å². The molecule has 4 aromatic rings. The van der Waals surface area contributed by atoms with Gasteiger partial charge < -0.3 is 0 Å². The molecule has 0 fully saturated rings. The van der Waals surface area contributed by atoms with Gasteiger partial charge in [-0.05, 0) is 64.4 Å². The maximum atomic E-state index is 14.7. The maximum absolute atomic E-state index is 14.7.